The van der Waals surface area contributed by atoms with Crippen LogP contribution < -0.4 is 10.6 Å². The van der Waals surface area contributed by atoms with Gasteiger partial charge >= 0.3 is 12.1 Å². The van der Waals surface area contributed by atoms with E-state index >= 15 is 0 Å². The summed E-state index contributed by atoms with van der Waals surface area (Å²) in [6.07, 6.45) is -0.709. The molecular formula is C21H24N2O5. The molecule has 2 N–H and O–H groups in total. The molecule has 0 fully saturated rings. The lowest BCUT2D eigenvalue weighted by Crippen LogP contribution is -2.40. The Morgan fingerprint density at radius 1 is 0.964 bits per heavy atom. The number of alkyl carbamates (subject to hydrolysis) is 1. The maximum atomic E-state index is 12.9. The summed E-state index contributed by atoms with van der Waals surface area (Å²) < 4.78 is 9.95. The van der Waals surface area contributed by atoms with Gasteiger partial charge in [-0.2, -0.15) is 0 Å². The van der Waals surface area contributed by atoms with Gasteiger partial charge in [-0.1, -0.05) is 36.4 Å². The van der Waals surface area contributed by atoms with Crippen molar-refractivity contribution in [3.8, 4) is 0 Å². The summed E-state index contributed by atoms with van der Waals surface area (Å²) in [6.45, 7) is 5.22. The zero-order chi connectivity index (χ0) is 20.7. The van der Waals surface area contributed by atoms with Gasteiger partial charge in [0.25, 0.3) is 5.91 Å². The van der Waals surface area contributed by atoms with E-state index in [0.717, 1.165) is 0 Å². The summed E-state index contributed by atoms with van der Waals surface area (Å²) in [7, 11) is 1.28. The van der Waals surface area contributed by atoms with E-state index in [1.807, 2.05) is 6.07 Å². The van der Waals surface area contributed by atoms with E-state index in [1.165, 1.54) is 13.2 Å². The summed E-state index contributed by atoms with van der Waals surface area (Å²) in [5.74, 6) is -0.985. The molecule has 0 aliphatic rings. The minimum Gasteiger partial charge on any atom is -0.465 e. The van der Waals surface area contributed by atoms with Gasteiger partial charge in [0.2, 0.25) is 0 Å². The first kappa shape index (κ1) is 21.0. The summed E-state index contributed by atoms with van der Waals surface area (Å²) in [5, 5.41) is 5.30. The molecule has 2 amide bonds. The highest BCUT2D eigenvalue weighted by atomic mass is 16.6. The van der Waals surface area contributed by atoms with Crippen LogP contribution in [0.3, 0.4) is 0 Å². The maximum absolute atomic E-state index is 12.9. The number of rotatable bonds is 5. The molecule has 2 aromatic rings. The Bertz CT molecular complexity index is 843. The van der Waals surface area contributed by atoms with Crippen LogP contribution in [0.5, 0.6) is 0 Å². The molecular weight excluding hydrogens is 360 g/mol. The fourth-order valence-corrected chi connectivity index (χ4v) is 2.43. The second kappa shape index (κ2) is 9.03. The normalized spacial score (nSPS) is 11.9. The number of ether oxygens (including phenoxy) is 2. The van der Waals surface area contributed by atoms with Gasteiger partial charge in [-0.05, 0) is 44.5 Å². The Labute approximate surface area is 164 Å². The Balaban J connectivity index is 2.22. The van der Waals surface area contributed by atoms with Gasteiger partial charge in [0.1, 0.15) is 11.6 Å². The lowest BCUT2D eigenvalue weighted by molar-refractivity contribution is -0.118. The molecule has 0 radical (unpaired) electrons. The number of hydrogen-bond acceptors (Lipinski definition) is 5. The zero-order valence-electron chi connectivity index (χ0n) is 16.3. The highest BCUT2D eigenvalue weighted by Gasteiger charge is 2.26. The molecule has 2 aromatic carbocycles. The van der Waals surface area contributed by atoms with Crippen molar-refractivity contribution in [2.45, 2.75) is 32.4 Å². The highest BCUT2D eigenvalue weighted by Crippen LogP contribution is 2.18. The standard InChI is InChI=1S/C21H24N2O5/c1-21(2,3)28-20(26)23-17(14-9-6-5-7-10-14)18(24)22-16-12-8-11-15(13-16)19(25)27-4/h5-13,17H,1-4H3,(H,22,24)(H,23,26). The van der Waals surface area contributed by atoms with Crippen LogP contribution in [0.25, 0.3) is 0 Å². The second-order valence-corrected chi connectivity index (χ2v) is 7.05. The molecule has 0 saturated heterocycles. The van der Waals surface area contributed by atoms with Crippen LogP contribution in [-0.2, 0) is 14.3 Å². The fraction of sp³-hybridized carbons (Fsp3) is 0.286. The lowest BCUT2D eigenvalue weighted by atomic mass is 10.1. The number of carbonyl (C=O) groups excluding carboxylic acids is 3. The predicted octanol–water partition coefficient (Wildman–Crippen LogP) is 3.68. The monoisotopic (exact) mass is 384 g/mol. The number of esters is 1. The van der Waals surface area contributed by atoms with E-state index in [4.69, 9.17) is 4.74 Å². The van der Waals surface area contributed by atoms with Crippen LogP contribution in [0.4, 0.5) is 10.5 Å². The van der Waals surface area contributed by atoms with E-state index < -0.39 is 29.6 Å². The molecule has 7 heteroatoms. The third-order valence-corrected chi connectivity index (χ3v) is 3.61. The number of nitrogens with one attached hydrogen (secondary N) is 2. The minimum atomic E-state index is -0.974. The smallest absolute Gasteiger partial charge is 0.408 e. The van der Waals surface area contributed by atoms with Gasteiger partial charge in [0.05, 0.1) is 12.7 Å². The van der Waals surface area contributed by atoms with E-state index in [9.17, 15) is 14.4 Å². The molecule has 7 nitrogen and oxygen atoms in total. The molecule has 0 heterocycles. The number of benzene rings is 2. The summed E-state index contributed by atoms with van der Waals surface area (Å²) in [4.78, 5) is 36.8. The third-order valence-electron chi connectivity index (χ3n) is 3.61. The molecule has 0 aliphatic heterocycles. The molecule has 148 valence electrons. The molecule has 0 spiro atoms. The van der Waals surface area contributed by atoms with Gasteiger partial charge in [-0.15, -0.1) is 0 Å². The summed E-state index contributed by atoms with van der Waals surface area (Å²) in [5.41, 5.74) is 0.600. The van der Waals surface area contributed by atoms with Crippen molar-refractivity contribution < 1.29 is 23.9 Å². The molecule has 2 rings (SSSR count). The topological polar surface area (TPSA) is 93.7 Å². The zero-order valence-corrected chi connectivity index (χ0v) is 16.3. The highest BCUT2D eigenvalue weighted by molar-refractivity contribution is 5.98. The van der Waals surface area contributed by atoms with E-state index in [2.05, 4.69) is 15.4 Å². The van der Waals surface area contributed by atoms with Gasteiger partial charge < -0.3 is 20.1 Å². The Morgan fingerprint density at radius 3 is 2.25 bits per heavy atom. The largest absolute Gasteiger partial charge is 0.465 e. The molecule has 1 unspecified atom stereocenters. The number of methoxy groups -OCH3 is 1. The van der Waals surface area contributed by atoms with Crippen LogP contribution in [0.1, 0.15) is 42.7 Å². The van der Waals surface area contributed by atoms with Gasteiger partial charge in [0, 0.05) is 5.69 Å². The number of anilines is 1. The van der Waals surface area contributed by atoms with Gasteiger partial charge in [0.15, 0.2) is 0 Å². The maximum Gasteiger partial charge on any atom is 0.408 e. The van der Waals surface area contributed by atoms with Crippen molar-refractivity contribution in [2.75, 3.05) is 12.4 Å². The van der Waals surface area contributed by atoms with Gasteiger partial charge in [-0.25, -0.2) is 9.59 Å². The SMILES string of the molecule is COC(=O)c1cccc(NC(=O)C(NC(=O)OC(C)(C)C)c2ccccc2)c1. The summed E-state index contributed by atoms with van der Waals surface area (Å²) >= 11 is 0. The van der Waals surface area contributed by atoms with Crippen LogP contribution in [0.15, 0.2) is 54.6 Å². The second-order valence-electron chi connectivity index (χ2n) is 7.05. The lowest BCUT2D eigenvalue weighted by Gasteiger charge is -2.23. The summed E-state index contributed by atoms with van der Waals surface area (Å²) in [6, 6.07) is 14.2. The van der Waals surface area contributed by atoms with E-state index in [0.29, 0.717) is 16.8 Å². The van der Waals surface area contributed by atoms with Crippen molar-refractivity contribution in [3.63, 3.8) is 0 Å². The van der Waals surface area contributed by atoms with E-state index in [1.54, 1.807) is 63.2 Å². The Morgan fingerprint density at radius 2 is 1.64 bits per heavy atom. The number of hydrogen-bond donors (Lipinski definition) is 2. The van der Waals surface area contributed by atoms with Crippen LogP contribution in [-0.4, -0.2) is 30.7 Å². The molecule has 0 aromatic heterocycles. The quantitative estimate of drug-likeness (QED) is 0.767. The van der Waals surface area contributed by atoms with Crippen LogP contribution in [0.2, 0.25) is 0 Å². The Hall–Kier alpha value is -3.35. The molecule has 0 bridgehead atoms. The molecule has 28 heavy (non-hydrogen) atoms. The number of amides is 2. The van der Waals surface area contributed by atoms with Crippen molar-refractivity contribution in [2.24, 2.45) is 0 Å². The first-order chi connectivity index (χ1) is 13.2. The van der Waals surface area contributed by atoms with Crippen molar-refractivity contribution in [1.29, 1.82) is 0 Å². The van der Waals surface area contributed by atoms with Crippen molar-refractivity contribution >= 4 is 23.7 Å². The number of carbonyl (C=O) groups is 3. The molecule has 0 saturated carbocycles. The van der Waals surface area contributed by atoms with Crippen LogP contribution >= 0.6 is 0 Å². The first-order valence-corrected chi connectivity index (χ1v) is 8.73. The predicted molar refractivity (Wildman–Crippen MR) is 105 cm³/mol. The minimum absolute atomic E-state index is 0.302. The molecule has 1 atom stereocenters. The van der Waals surface area contributed by atoms with Crippen molar-refractivity contribution in [1.82, 2.24) is 5.32 Å². The molecule has 0 aliphatic carbocycles. The van der Waals surface area contributed by atoms with Crippen LogP contribution in [0, 0.1) is 0 Å². The average molecular weight is 384 g/mol. The fourth-order valence-electron chi connectivity index (χ4n) is 2.43. The van der Waals surface area contributed by atoms with Gasteiger partial charge in [-0.3, -0.25) is 4.79 Å². The van der Waals surface area contributed by atoms with Crippen molar-refractivity contribution in [3.05, 3.63) is 65.7 Å². The van der Waals surface area contributed by atoms with E-state index in [-0.39, 0.29) is 0 Å². The third kappa shape index (κ3) is 6.12. The average Bonchev–Trinajstić information content (AvgIpc) is 2.65. The first-order valence-electron chi connectivity index (χ1n) is 8.73. The Kier molecular flexibility index (Phi) is 6.76.